The Hall–Kier alpha value is -1.61. The Labute approximate surface area is 95.5 Å². The van der Waals surface area contributed by atoms with Gasteiger partial charge in [-0.15, -0.1) is 0 Å². The van der Waals surface area contributed by atoms with Gasteiger partial charge in [0.1, 0.15) is 0 Å². The van der Waals surface area contributed by atoms with E-state index in [4.69, 9.17) is 11.5 Å². The Morgan fingerprint density at radius 3 is 2.56 bits per heavy atom. The van der Waals surface area contributed by atoms with Crippen LogP contribution in [-0.4, -0.2) is 4.98 Å². The van der Waals surface area contributed by atoms with Crippen molar-refractivity contribution in [1.29, 1.82) is 0 Å². The number of aromatic nitrogens is 1. The third-order valence-electron chi connectivity index (χ3n) is 2.90. The quantitative estimate of drug-likeness (QED) is 0.808. The molecule has 1 atom stereocenters. The van der Waals surface area contributed by atoms with E-state index in [1.54, 1.807) is 6.20 Å². The van der Waals surface area contributed by atoms with Gasteiger partial charge in [0.15, 0.2) is 0 Å². The fourth-order valence-corrected chi connectivity index (χ4v) is 1.88. The molecule has 0 aliphatic carbocycles. The standard InChI is InChI=1S/C13H17N3/c1-8(2)13(15)12-9-5-3-4-6-11(9)16-7-10(12)14/h3-8,13H,14-15H2,1-2H3. The van der Waals surface area contributed by atoms with Crippen molar-refractivity contribution in [2.45, 2.75) is 19.9 Å². The van der Waals surface area contributed by atoms with Gasteiger partial charge in [0.05, 0.1) is 17.4 Å². The summed E-state index contributed by atoms with van der Waals surface area (Å²) in [6.07, 6.45) is 1.69. The molecule has 1 aromatic carbocycles. The van der Waals surface area contributed by atoms with E-state index in [1.807, 2.05) is 24.3 Å². The van der Waals surface area contributed by atoms with Gasteiger partial charge in [0.25, 0.3) is 0 Å². The van der Waals surface area contributed by atoms with E-state index in [0.29, 0.717) is 11.6 Å². The molecule has 4 N–H and O–H groups in total. The van der Waals surface area contributed by atoms with Gasteiger partial charge in [0, 0.05) is 17.0 Å². The molecular weight excluding hydrogens is 198 g/mol. The minimum atomic E-state index is -0.0482. The Kier molecular flexibility index (Phi) is 2.79. The number of rotatable bonds is 2. The van der Waals surface area contributed by atoms with E-state index < -0.39 is 0 Å². The topological polar surface area (TPSA) is 64.9 Å². The van der Waals surface area contributed by atoms with Gasteiger partial charge in [-0.3, -0.25) is 4.98 Å². The maximum Gasteiger partial charge on any atom is 0.0707 e. The van der Waals surface area contributed by atoms with Crippen molar-refractivity contribution in [3.8, 4) is 0 Å². The highest BCUT2D eigenvalue weighted by Crippen LogP contribution is 2.30. The fourth-order valence-electron chi connectivity index (χ4n) is 1.88. The minimum Gasteiger partial charge on any atom is -0.397 e. The molecule has 0 saturated carbocycles. The number of hydrogen-bond donors (Lipinski definition) is 2. The van der Waals surface area contributed by atoms with Crippen molar-refractivity contribution in [3.63, 3.8) is 0 Å². The van der Waals surface area contributed by atoms with E-state index in [-0.39, 0.29) is 6.04 Å². The van der Waals surface area contributed by atoms with Crippen LogP contribution in [0.15, 0.2) is 30.5 Å². The average molecular weight is 215 g/mol. The molecule has 3 heteroatoms. The van der Waals surface area contributed by atoms with Crippen LogP contribution in [0.1, 0.15) is 25.5 Å². The van der Waals surface area contributed by atoms with Gasteiger partial charge in [-0.1, -0.05) is 32.0 Å². The molecule has 1 aromatic heterocycles. The van der Waals surface area contributed by atoms with E-state index >= 15 is 0 Å². The Bertz CT molecular complexity index is 506. The van der Waals surface area contributed by atoms with Crippen LogP contribution in [-0.2, 0) is 0 Å². The third-order valence-corrected chi connectivity index (χ3v) is 2.90. The van der Waals surface area contributed by atoms with Gasteiger partial charge >= 0.3 is 0 Å². The molecule has 84 valence electrons. The molecule has 16 heavy (non-hydrogen) atoms. The maximum absolute atomic E-state index is 6.20. The second kappa shape index (κ2) is 4.10. The number of nitrogens with two attached hydrogens (primary N) is 2. The lowest BCUT2D eigenvalue weighted by molar-refractivity contribution is 0.518. The molecule has 0 aliphatic rings. The zero-order chi connectivity index (χ0) is 11.7. The average Bonchev–Trinajstić information content (AvgIpc) is 2.28. The molecule has 2 aromatic rings. The second-order valence-corrected chi connectivity index (χ2v) is 4.41. The number of para-hydroxylation sites is 1. The molecule has 0 spiro atoms. The molecule has 0 saturated heterocycles. The number of fused-ring (bicyclic) bond motifs is 1. The Morgan fingerprint density at radius 1 is 1.19 bits per heavy atom. The normalized spacial score (nSPS) is 13.2. The van der Waals surface area contributed by atoms with Crippen molar-refractivity contribution in [3.05, 3.63) is 36.0 Å². The number of pyridine rings is 1. The molecule has 0 fully saturated rings. The molecule has 0 aliphatic heterocycles. The third kappa shape index (κ3) is 1.74. The van der Waals surface area contributed by atoms with Crippen LogP contribution < -0.4 is 11.5 Å². The first kappa shape index (κ1) is 10.9. The van der Waals surface area contributed by atoms with Gasteiger partial charge < -0.3 is 11.5 Å². The van der Waals surface area contributed by atoms with Crippen molar-refractivity contribution in [2.24, 2.45) is 11.7 Å². The molecule has 0 bridgehead atoms. The molecular formula is C13H17N3. The summed E-state index contributed by atoms with van der Waals surface area (Å²) in [7, 11) is 0. The number of benzene rings is 1. The molecule has 3 nitrogen and oxygen atoms in total. The van der Waals surface area contributed by atoms with E-state index in [2.05, 4.69) is 18.8 Å². The number of anilines is 1. The lowest BCUT2D eigenvalue weighted by Crippen LogP contribution is -2.19. The number of nitrogens with zero attached hydrogens (tertiary/aromatic N) is 1. The zero-order valence-electron chi connectivity index (χ0n) is 9.64. The van der Waals surface area contributed by atoms with Gasteiger partial charge in [0.2, 0.25) is 0 Å². The highest BCUT2D eigenvalue weighted by molar-refractivity contribution is 5.86. The smallest absolute Gasteiger partial charge is 0.0707 e. The van der Waals surface area contributed by atoms with Crippen LogP contribution in [0.3, 0.4) is 0 Å². The zero-order valence-corrected chi connectivity index (χ0v) is 9.64. The molecule has 0 radical (unpaired) electrons. The van der Waals surface area contributed by atoms with Gasteiger partial charge in [-0.2, -0.15) is 0 Å². The van der Waals surface area contributed by atoms with E-state index in [0.717, 1.165) is 16.5 Å². The monoisotopic (exact) mass is 215 g/mol. The highest BCUT2D eigenvalue weighted by atomic mass is 14.7. The summed E-state index contributed by atoms with van der Waals surface area (Å²) in [5, 5.41) is 1.06. The molecule has 2 rings (SSSR count). The summed E-state index contributed by atoms with van der Waals surface area (Å²) in [4.78, 5) is 4.30. The summed E-state index contributed by atoms with van der Waals surface area (Å²) in [6, 6.07) is 7.91. The second-order valence-electron chi connectivity index (χ2n) is 4.41. The first-order chi connectivity index (χ1) is 7.61. The molecule has 1 unspecified atom stereocenters. The molecule has 0 amide bonds. The summed E-state index contributed by atoms with van der Waals surface area (Å²) in [6.45, 7) is 4.19. The van der Waals surface area contributed by atoms with Crippen molar-refractivity contribution >= 4 is 16.6 Å². The van der Waals surface area contributed by atoms with Crippen LogP contribution >= 0.6 is 0 Å². The summed E-state index contributed by atoms with van der Waals surface area (Å²) < 4.78 is 0. The number of hydrogen-bond acceptors (Lipinski definition) is 3. The van der Waals surface area contributed by atoms with Gasteiger partial charge in [-0.25, -0.2) is 0 Å². The summed E-state index contributed by atoms with van der Waals surface area (Å²) in [5.41, 5.74) is 14.8. The van der Waals surface area contributed by atoms with Crippen molar-refractivity contribution in [1.82, 2.24) is 4.98 Å². The SMILES string of the molecule is CC(C)C(N)c1c(N)cnc2ccccc12. The Balaban J connectivity index is 2.70. The van der Waals surface area contributed by atoms with Crippen LogP contribution in [0, 0.1) is 5.92 Å². The van der Waals surface area contributed by atoms with Crippen LogP contribution in [0.5, 0.6) is 0 Å². The minimum absolute atomic E-state index is 0.0482. The van der Waals surface area contributed by atoms with Crippen molar-refractivity contribution < 1.29 is 0 Å². The van der Waals surface area contributed by atoms with Crippen LogP contribution in [0.4, 0.5) is 5.69 Å². The van der Waals surface area contributed by atoms with E-state index in [9.17, 15) is 0 Å². The fraction of sp³-hybridized carbons (Fsp3) is 0.308. The first-order valence-corrected chi connectivity index (χ1v) is 5.50. The predicted molar refractivity (Wildman–Crippen MR) is 67.9 cm³/mol. The maximum atomic E-state index is 6.20. The Morgan fingerprint density at radius 2 is 1.88 bits per heavy atom. The summed E-state index contributed by atoms with van der Waals surface area (Å²) in [5.74, 6) is 0.355. The van der Waals surface area contributed by atoms with Crippen molar-refractivity contribution in [2.75, 3.05) is 5.73 Å². The van der Waals surface area contributed by atoms with Crippen LogP contribution in [0.2, 0.25) is 0 Å². The van der Waals surface area contributed by atoms with Gasteiger partial charge in [-0.05, 0) is 12.0 Å². The van der Waals surface area contributed by atoms with E-state index in [1.165, 1.54) is 0 Å². The van der Waals surface area contributed by atoms with Crippen LogP contribution in [0.25, 0.3) is 10.9 Å². The summed E-state index contributed by atoms with van der Waals surface area (Å²) >= 11 is 0. The lowest BCUT2D eigenvalue weighted by atomic mass is 9.93. The first-order valence-electron chi connectivity index (χ1n) is 5.50. The lowest BCUT2D eigenvalue weighted by Gasteiger charge is -2.19. The molecule has 1 heterocycles. The highest BCUT2D eigenvalue weighted by Gasteiger charge is 2.16. The largest absolute Gasteiger partial charge is 0.397 e. The predicted octanol–water partition coefficient (Wildman–Crippen LogP) is 2.47. The number of nitrogen functional groups attached to an aromatic ring is 1.